The smallest absolute Gasteiger partial charge is 0.404 e. The monoisotopic (exact) mass is 698 g/mol. The summed E-state index contributed by atoms with van der Waals surface area (Å²) in [6.07, 6.45) is 0.877. The molecule has 49 heavy (non-hydrogen) atoms. The molecule has 6 N–H and O–H groups in total. The van der Waals surface area contributed by atoms with Crippen molar-refractivity contribution in [2.24, 2.45) is 17.1 Å². The molecule has 1 aliphatic carbocycles. The lowest BCUT2D eigenvalue weighted by molar-refractivity contribution is -0.137. The number of carboxylic acid groups (broad SMARTS) is 1. The fraction of sp³-hybridized carbons (Fsp3) is 0.455. The van der Waals surface area contributed by atoms with Crippen LogP contribution in [0.15, 0.2) is 36.4 Å². The number of carbonyl (C=O) groups excluding carboxylic acids is 4. The van der Waals surface area contributed by atoms with Gasteiger partial charge in [0.15, 0.2) is 5.69 Å². The number of aromatic nitrogens is 2. The predicted molar refractivity (Wildman–Crippen MR) is 179 cm³/mol. The third-order valence-corrected chi connectivity index (χ3v) is 9.23. The molecular weight excluding hydrogens is 659 g/mol. The predicted octanol–water partition coefficient (Wildman–Crippen LogP) is 3.77. The van der Waals surface area contributed by atoms with Gasteiger partial charge in [0.1, 0.15) is 12.4 Å². The second-order valence-electron chi connectivity index (χ2n) is 13.6. The average Bonchev–Trinajstić information content (AvgIpc) is 3.81. The molecule has 2 aliphatic rings. The summed E-state index contributed by atoms with van der Waals surface area (Å²) in [4.78, 5) is 66.4. The van der Waals surface area contributed by atoms with Crippen LogP contribution in [0.3, 0.4) is 0 Å². The Bertz CT molecular complexity index is 1790. The highest BCUT2D eigenvalue weighted by Crippen LogP contribution is 2.34. The Labute approximate surface area is 287 Å². The van der Waals surface area contributed by atoms with E-state index in [1.807, 2.05) is 20.8 Å². The maximum atomic E-state index is 14.3. The maximum absolute atomic E-state index is 14.3. The largest absolute Gasteiger partial charge is 0.465 e. The second kappa shape index (κ2) is 14.3. The van der Waals surface area contributed by atoms with Gasteiger partial charge in [0, 0.05) is 42.3 Å². The third-order valence-electron chi connectivity index (χ3n) is 8.94. The first-order valence-corrected chi connectivity index (χ1v) is 16.3. The highest BCUT2D eigenvalue weighted by Gasteiger charge is 2.37. The summed E-state index contributed by atoms with van der Waals surface area (Å²) in [5.74, 6) is -2.31. The highest BCUT2D eigenvalue weighted by molar-refractivity contribution is 6.30. The molecule has 1 aliphatic heterocycles. The Morgan fingerprint density at radius 3 is 2.51 bits per heavy atom. The fourth-order valence-corrected chi connectivity index (χ4v) is 6.24. The number of urea groups is 1. The Hall–Kier alpha value is -4.92. The molecule has 14 nitrogen and oxygen atoms in total. The molecule has 0 spiro atoms. The summed E-state index contributed by atoms with van der Waals surface area (Å²) in [7, 11) is 0. The summed E-state index contributed by atoms with van der Waals surface area (Å²) >= 11 is 5.83. The molecule has 16 heteroatoms. The lowest BCUT2D eigenvalue weighted by Crippen LogP contribution is -2.55. The zero-order valence-electron chi connectivity index (χ0n) is 27.5. The molecule has 1 saturated heterocycles. The molecule has 262 valence electrons. The first-order chi connectivity index (χ1) is 23.1. The van der Waals surface area contributed by atoms with Crippen molar-refractivity contribution in [3.63, 3.8) is 0 Å². The van der Waals surface area contributed by atoms with Crippen LogP contribution in [0.25, 0.3) is 10.9 Å². The highest BCUT2D eigenvalue weighted by atomic mass is 35.5. The number of nitrogens with zero attached hydrogens (tertiary/aromatic N) is 4. The number of halogens is 2. The summed E-state index contributed by atoms with van der Waals surface area (Å²) in [5.41, 5.74) is 6.34. The van der Waals surface area contributed by atoms with Crippen molar-refractivity contribution in [3.8, 4) is 0 Å². The number of anilines is 1. The quantitative estimate of drug-likeness (QED) is 0.213. The minimum Gasteiger partial charge on any atom is -0.465 e. The van der Waals surface area contributed by atoms with E-state index in [1.165, 1.54) is 21.7 Å². The summed E-state index contributed by atoms with van der Waals surface area (Å²) in [6.45, 7) is 6.10. The molecule has 6 amide bonds. The number of primary amides is 1. The number of hydrogen-bond donors (Lipinski definition) is 5. The van der Waals surface area contributed by atoms with Gasteiger partial charge < -0.3 is 36.6 Å². The van der Waals surface area contributed by atoms with Gasteiger partial charge >= 0.3 is 12.1 Å². The van der Waals surface area contributed by atoms with Crippen molar-refractivity contribution in [2.75, 3.05) is 25.0 Å². The van der Waals surface area contributed by atoms with Gasteiger partial charge in [-0.15, -0.1) is 0 Å². The molecule has 0 bridgehead atoms. The van der Waals surface area contributed by atoms with E-state index in [0.717, 1.165) is 12.8 Å². The van der Waals surface area contributed by atoms with Crippen LogP contribution >= 0.6 is 11.6 Å². The fourth-order valence-electron chi connectivity index (χ4n) is 6.05. The molecular formula is C33H40ClFN8O6. The maximum Gasteiger partial charge on any atom is 0.404 e. The van der Waals surface area contributed by atoms with Crippen LogP contribution in [-0.4, -0.2) is 86.3 Å². The molecule has 1 aromatic heterocycles. The van der Waals surface area contributed by atoms with Crippen molar-refractivity contribution >= 4 is 58.0 Å². The van der Waals surface area contributed by atoms with Crippen molar-refractivity contribution in [3.05, 3.63) is 58.5 Å². The van der Waals surface area contributed by atoms with Crippen LogP contribution in [0.1, 0.15) is 56.1 Å². The molecule has 2 fully saturated rings. The standard InChI is InChI=1S/C33H40ClFN8O6/c1-33(2,3)19-11-21(39-32(48)49)15-41(14-19)31(47)38-20-7-10-25-23(12-20)29(30(36)46)40-43(25)17-27(45)42(22-8-9-22)16-26(44)37-13-18-5-4-6-24(34)28(18)35/h4-7,10,12,19,21-22,39H,8-9,11,13-17H2,1-3H3,(H2,36,46)(H,37,44)(H,38,47)(H,48,49). The van der Waals surface area contributed by atoms with E-state index in [9.17, 15) is 33.5 Å². The van der Waals surface area contributed by atoms with Gasteiger partial charge in [-0.2, -0.15) is 5.10 Å². The summed E-state index contributed by atoms with van der Waals surface area (Å²) < 4.78 is 15.6. The number of rotatable bonds is 10. The molecule has 3 aromatic rings. The average molecular weight is 699 g/mol. The van der Waals surface area contributed by atoms with Gasteiger partial charge in [0.05, 0.1) is 23.1 Å². The van der Waals surface area contributed by atoms with Crippen LogP contribution in [0.2, 0.25) is 5.02 Å². The molecule has 1 saturated carbocycles. The number of hydrogen-bond acceptors (Lipinski definition) is 6. The summed E-state index contributed by atoms with van der Waals surface area (Å²) in [5, 5.41) is 21.8. The Kier molecular flexibility index (Phi) is 10.3. The summed E-state index contributed by atoms with van der Waals surface area (Å²) in [6, 6.07) is 8.22. The van der Waals surface area contributed by atoms with Crippen molar-refractivity contribution in [1.29, 1.82) is 0 Å². The Morgan fingerprint density at radius 2 is 1.86 bits per heavy atom. The van der Waals surface area contributed by atoms with Gasteiger partial charge in [-0.1, -0.05) is 44.5 Å². The van der Waals surface area contributed by atoms with Crippen molar-refractivity contribution < 1.29 is 33.5 Å². The minimum absolute atomic E-state index is 0.0378. The van der Waals surface area contributed by atoms with Gasteiger partial charge in [-0.3, -0.25) is 19.1 Å². The number of piperidine rings is 1. The number of nitrogens with two attached hydrogens (primary N) is 1. The van der Waals surface area contributed by atoms with Crippen LogP contribution in [-0.2, 0) is 22.7 Å². The zero-order chi connectivity index (χ0) is 35.6. The van der Waals surface area contributed by atoms with Crippen molar-refractivity contribution in [1.82, 2.24) is 30.2 Å². The SMILES string of the molecule is CC(C)(C)C1CC(NC(=O)O)CN(C(=O)Nc2ccc3c(c2)c(C(N)=O)nn3CC(=O)N(CC(=O)NCc2cccc(Cl)c2F)C2CC2)C1. The van der Waals surface area contributed by atoms with E-state index in [4.69, 9.17) is 17.3 Å². The van der Waals surface area contributed by atoms with E-state index < -0.39 is 41.7 Å². The lowest BCUT2D eigenvalue weighted by atomic mass is 9.75. The minimum atomic E-state index is -1.16. The molecule has 2 unspecified atom stereocenters. The van der Waals surface area contributed by atoms with Crippen LogP contribution < -0.4 is 21.7 Å². The van der Waals surface area contributed by atoms with Gasteiger partial charge in [0.2, 0.25) is 11.8 Å². The normalized spacial score (nSPS) is 17.8. The number of likely N-dealkylation sites (tertiary alicyclic amines) is 1. The molecule has 0 radical (unpaired) electrons. The number of benzene rings is 2. The van der Waals surface area contributed by atoms with Gasteiger partial charge in [-0.25, -0.2) is 14.0 Å². The third kappa shape index (κ3) is 8.57. The molecule has 2 heterocycles. The first-order valence-electron chi connectivity index (χ1n) is 16.0. The first kappa shape index (κ1) is 35.4. The zero-order valence-corrected chi connectivity index (χ0v) is 28.2. The van der Waals surface area contributed by atoms with Crippen molar-refractivity contribution in [2.45, 2.75) is 65.2 Å². The van der Waals surface area contributed by atoms with Crippen LogP contribution in [0.4, 0.5) is 19.7 Å². The number of nitrogens with one attached hydrogen (secondary N) is 3. The molecule has 2 atom stereocenters. The Morgan fingerprint density at radius 1 is 1.12 bits per heavy atom. The number of amides is 6. The Balaban J connectivity index is 1.29. The molecule has 5 rings (SSSR count). The van der Waals surface area contributed by atoms with Gasteiger partial charge in [-0.05, 0) is 54.9 Å². The van der Waals surface area contributed by atoms with E-state index in [2.05, 4.69) is 21.0 Å². The van der Waals surface area contributed by atoms with Crippen LogP contribution in [0, 0.1) is 17.2 Å². The lowest BCUT2D eigenvalue weighted by Gasteiger charge is -2.43. The molecule has 2 aromatic carbocycles. The number of carbonyl (C=O) groups is 5. The topological polar surface area (TPSA) is 192 Å². The second-order valence-corrected chi connectivity index (χ2v) is 14.0. The van der Waals surface area contributed by atoms with E-state index in [-0.39, 0.29) is 59.8 Å². The van der Waals surface area contributed by atoms with Gasteiger partial charge in [0.25, 0.3) is 5.91 Å². The van der Waals surface area contributed by atoms with E-state index in [1.54, 1.807) is 29.2 Å². The van der Waals surface area contributed by atoms with Crippen LogP contribution in [0.5, 0.6) is 0 Å². The van der Waals surface area contributed by atoms with E-state index >= 15 is 0 Å². The number of fused-ring (bicyclic) bond motifs is 1. The van der Waals surface area contributed by atoms with E-state index in [0.29, 0.717) is 29.6 Å².